The number of halogens is 2. The zero-order chi connectivity index (χ0) is 14.5. The monoisotopic (exact) mass is 298 g/mol. The third-order valence-electron chi connectivity index (χ3n) is 2.95. The molecule has 108 valence electrons. The summed E-state index contributed by atoms with van der Waals surface area (Å²) < 4.78 is 29.3. The third kappa shape index (κ3) is 3.68. The van der Waals surface area contributed by atoms with Crippen LogP contribution in [0.15, 0.2) is 35.7 Å². The van der Waals surface area contributed by atoms with Crippen molar-refractivity contribution in [1.82, 2.24) is 5.32 Å². The van der Waals surface area contributed by atoms with Crippen LogP contribution in [-0.2, 0) is 6.54 Å². The van der Waals surface area contributed by atoms with E-state index in [9.17, 15) is 8.78 Å². The van der Waals surface area contributed by atoms with Crippen LogP contribution >= 0.6 is 11.3 Å². The molecule has 0 bridgehead atoms. The first-order chi connectivity index (χ1) is 9.58. The Morgan fingerprint density at radius 1 is 1.30 bits per heavy atom. The molecule has 0 radical (unpaired) electrons. The van der Waals surface area contributed by atoms with Gasteiger partial charge in [0.05, 0.1) is 0 Å². The summed E-state index contributed by atoms with van der Waals surface area (Å²) in [4.78, 5) is 1.03. The smallest absolute Gasteiger partial charge is 0.387 e. The molecule has 1 aromatic carbocycles. The van der Waals surface area contributed by atoms with E-state index in [1.807, 2.05) is 18.4 Å². The Morgan fingerprint density at radius 2 is 2.05 bits per heavy atom. The van der Waals surface area contributed by atoms with E-state index in [4.69, 9.17) is 5.73 Å². The molecule has 0 aliphatic heterocycles. The van der Waals surface area contributed by atoms with Crippen molar-refractivity contribution in [2.24, 2.45) is 0 Å². The van der Waals surface area contributed by atoms with E-state index in [-0.39, 0.29) is 11.8 Å². The van der Waals surface area contributed by atoms with Crippen molar-refractivity contribution in [3.63, 3.8) is 0 Å². The molecule has 0 aliphatic carbocycles. The number of rotatable bonds is 6. The molecule has 1 heterocycles. The molecule has 0 aliphatic rings. The zero-order valence-corrected chi connectivity index (χ0v) is 11.8. The topological polar surface area (TPSA) is 47.3 Å². The maximum absolute atomic E-state index is 12.4. The minimum Gasteiger partial charge on any atom is -0.434 e. The van der Waals surface area contributed by atoms with Crippen molar-refractivity contribution in [1.29, 1.82) is 0 Å². The van der Waals surface area contributed by atoms with Gasteiger partial charge in [-0.2, -0.15) is 8.78 Å². The number of nitrogen functional groups attached to an aromatic ring is 1. The normalized spacial score (nSPS) is 12.6. The summed E-state index contributed by atoms with van der Waals surface area (Å²) in [7, 11) is 0. The van der Waals surface area contributed by atoms with Gasteiger partial charge in [-0.15, -0.1) is 11.3 Å². The summed E-state index contributed by atoms with van der Waals surface area (Å²) in [5.41, 5.74) is 7.25. The number of hydrogen-bond donors (Lipinski definition) is 2. The minimum atomic E-state index is -2.82. The first kappa shape index (κ1) is 14.7. The Kier molecular flexibility index (Phi) is 4.92. The molecule has 0 spiro atoms. The van der Waals surface area contributed by atoms with Crippen LogP contribution in [0.4, 0.5) is 14.5 Å². The van der Waals surface area contributed by atoms with Crippen LogP contribution in [-0.4, -0.2) is 6.61 Å². The summed E-state index contributed by atoms with van der Waals surface area (Å²) in [5.74, 6) is 0.196. The summed E-state index contributed by atoms with van der Waals surface area (Å²) in [5, 5.41) is 5.18. The van der Waals surface area contributed by atoms with Crippen LogP contribution in [0.25, 0.3) is 0 Å². The zero-order valence-electron chi connectivity index (χ0n) is 11.0. The van der Waals surface area contributed by atoms with E-state index in [0.29, 0.717) is 12.1 Å². The van der Waals surface area contributed by atoms with E-state index in [2.05, 4.69) is 10.1 Å². The number of para-hydroxylation sites is 1. The molecule has 2 rings (SSSR count). The largest absolute Gasteiger partial charge is 0.434 e. The van der Waals surface area contributed by atoms with Gasteiger partial charge >= 0.3 is 6.61 Å². The standard InChI is InChI=1S/C14H16F2N2OS/c1-9(18-8-13-11(17)6-7-20-13)10-4-2-3-5-12(10)19-14(15)16/h2-7,9,14,18H,8,17H2,1H3. The molecule has 0 saturated carbocycles. The van der Waals surface area contributed by atoms with Gasteiger partial charge in [-0.25, -0.2) is 0 Å². The van der Waals surface area contributed by atoms with Gasteiger partial charge in [0.25, 0.3) is 0 Å². The lowest BCUT2D eigenvalue weighted by atomic mass is 10.1. The van der Waals surface area contributed by atoms with Crippen LogP contribution in [0.1, 0.15) is 23.4 Å². The van der Waals surface area contributed by atoms with Gasteiger partial charge in [0, 0.05) is 28.7 Å². The number of hydrogen-bond acceptors (Lipinski definition) is 4. The maximum atomic E-state index is 12.4. The first-order valence-corrected chi connectivity index (χ1v) is 7.05. The highest BCUT2D eigenvalue weighted by molar-refractivity contribution is 7.10. The lowest BCUT2D eigenvalue weighted by molar-refractivity contribution is -0.0506. The fraction of sp³-hybridized carbons (Fsp3) is 0.286. The number of thiophene rings is 1. The van der Waals surface area contributed by atoms with Crippen molar-refractivity contribution in [3.8, 4) is 5.75 Å². The van der Waals surface area contributed by atoms with Gasteiger partial charge in [-0.1, -0.05) is 18.2 Å². The second-order valence-electron chi connectivity index (χ2n) is 4.32. The highest BCUT2D eigenvalue weighted by Gasteiger charge is 2.14. The Morgan fingerprint density at radius 3 is 2.70 bits per heavy atom. The summed E-state index contributed by atoms with van der Waals surface area (Å²) >= 11 is 1.56. The Labute approximate surface area is 120 Å². The number of nitrogens with one attached hydrogen (secondary N) is 1. The molecule has 1 unspecified atom stereocenters. The first-order valence-electron chi connectivity index (χ1n) is 6.17. The van der Waals surface area contributed by atoms with Crippen molar-refractivity contribution < 1.29 is 13.5 Å². The molecule has 3 N–H and O–H groups in total. The lowest BCUT2D eigenvalue weighted by Gasteiger charge is -2.17. The summed E-state index contributed by atoms with van der Waals surface area (Å²) in [6.45, 7) is -0.332. The number of anilines is 1. The molecule has 0 saturated heterocycles. The average Bonchev–Trinajstić information content (AvgIpc) is 2.81. The summed E-state index contributed by atoms with van der Waals surface area (Å²) in [6, 6.07) is 8.51. The maximum Gasteiger partial charge on any atom is 0.387 e. The van der Waals surface area contributed by atoms with Crippen LogP contribution < -0.4 is 15.8 Å². The van der Waals surface area contributed by atoms with E-state index in [1.165, 1.54) is 0 Å². The van der Waals surface area contributed by atoms with Gasteiger partial charge in [-0.05, 0) is 24.4 Å². The third-order valence-corrected chi connectivity index (χ3v) is 3.89. The van der Waals surface area contributed by atoms with Crippen LogP contribution in [0, 0.1) is 0 Å². The second-order valence-corrected chi connectivity index (χ2v) is 5.32. The minimum absolute atomic E-state index is 0.119. The predicted molar refractivity (Wildman–Crippen MR) is 77.1 cm³/mol. The molecule has 1 aromatic heterocycles. The Balaban J connectivity index is 2.05. The van der Waals surface area contributed by atoms with Crippen LogP contribution in [0.2, 0.25) is 0 Å². The number of benzene rings is 1. The van der Waals surface area contributed by atoms with Crippen molar-refractivity contribution in [2.45, 2.75) is 26.1 Å². The van der Waals surface area contributed by atoms with Gasteiger partial charge in [0.15, 0.2) is 0 Å². The predicted octanol–water partition coefficient (Wildman–Crippen LogP) is 3.78. The molecule has 20 heavy (non-hydrogen) atoms. The molecular formula is C14H16F2N2OS. The van der Waals surface area contributed by atoms with Crippen LogP contribution in [0.5, 0.6) is 5.75 Å². The highest BCUT2D eigenvalue weighted by Crippen LogP contribution is 2.27. The SMILES string of the molecule is CC(NCc1sccc1N)c1ccccc1OC(F)F. The fourth-order valence-corrected chi connectivity index (χ4v) is 2.64. The summed E-state index contributed by atoms with van der Waals surface area (Å²) in [6.07, 6.45) is 0. The Hall–Kier alpha value is -1.66. The molecule has 6 heteroatoms. The molecule has 3 nitrogen and oxygen atoms in total. The molecule has 0 amide bonds. The molecule has 2 aromatic rings. The van der Waals surface area contributed by atoms with Crippen molar-refractivity contribution >= 4 is 17.0 Å². The second kappa shape index (κ2) is 6.67. The number of alkyl halides is 2. The quantitative estimate of drug-likeness (QED) is 0.853. The highest BCUT2D eigenvalue weighted by atomic mass is 32.1. The molecule has 1 atom stereocenters. The van der Waals surface area contributed by atoms with Gasteiger partial charge in [0.1, 0.15) is 5.75 Å². The van der Waals surface area contributed by atoms with E-state index in [1.54, 1.807) is 35.6 Å². The van der Waals surface area contributed by atoms with E-state index < -0.39 is 6.61 Å². The van der Waals surface area contributed by atoms with Gasteiger partial charge in [0.2, 0.25) is 0 Å². The number of ether oxygens (including phenoxy) is 1. The fourth-order valence-electron chi connectivity index (χ4n) is 1.89. The molecule has 0 fully saturated rings. The van der Waals surface area contributed by atoms with E-state index >= 15 is 0 Å². The van der Waals surface area contributed by atoms with Crippen molar-refractivity contribution in [2.75, 3.05) is 5.73 Å². The number of nitrogens with two attached hydrogens (primary N) is 1. The lowest BCUT2D eigenvalue weighted by Crippen LogP contribution is -2.19. The van der Waals surface area contributed by atoms with Gasteiger partial charge in [-0.3, -0.25) is 0 Å². The van der Waals surface area contributed by atoms with Crippen molar-refractivity contribution in [3.05, 3.63) is 46.2 Å². The van der Waals surface area contributed by atoms with Crippen LogP contribution in [0.3, 0.4) is 0 Å². The Bertz CT molecular complexity index is 560. The molecular weight excluding hydrogens is 282 g/mol. The van der Waals surface area contributed by atoms with E-state index in [0.717, 1.165) is 10.6 Å². The van der Waals surface area contributed by atoms with Gasteiger partial charge < -0.3 is 15.8 Å². The average molecular weight is 298 g/mol.